The van der Waals surface area contributed by atoms with Crippen LogP contribution in [0, 0.1) is 0 Å². The molecule has 3 aromatic rings. The molecule has 0 radical (unpaired) electrons. The molecule has 0 spiro atoms. The molecule has 8 heteroatoms. The molecule has 3 heterocycles. The lowest BCUT2D eigenvalue weighted by molar-refractivity contribution is 0.102. The van der Waals surface area contributed by atoms with Crippen LogP contribution in [0.1, 0.15) is 10.5 Å². The van der Waals surface area contributed by atoms with Crippen molar-refractivity contribution in [2.75, 3.05) is 43.6 Å². The fraction of sp³-hybridized carbons (Fsp3) is 0.238. The van der Waals surface area contributed by atoms with Crippen LogP contribution in [0.3, 0.4) is 0 Å². The average molecular weight is 391 g/mol. The number of rotatable bonds is 5. The summed E-state index contributed by atoms with van der Waals surface area (Å²) in [6.07, 6.45) is 3.22. The van der Waals surface area contributed by atoms with Gasteiger partial charge in [-0.05, 0) is 24.3 Å². The molecule has 8 nitrogen and oxygen atoms in total. The first kappa shape index (κ1) is 18.8. The monoisotopic (exact) mass is 391 g/mol. The van der Waals surface area contributed by atoms with Crippen molar-refractivity contribution in [3.63, 3.8) is 0 Å². The van der Waals surface area contributed by atoms with Gasteiger partial charge in [-0.25, -0.2) is 9.97 Å². The first-order valence-corrected chi connectivity index (χ1v) is 9.31. The molecule has 4 rings (SSSR count). The summed E-state index contributed by atoms with van der Waals surface area (Å²) >= 11 is 0. The molecule has 1 aliphatic rings. The molecule has 1 aliphatic heterocycles. The minimum atomic E-state index is -0.308. The summed E-state index contributed by atoms with van der Waals surface area (Å²) in [7, 11) is 1.62. The van der Waals surface area contributed by atoms with Crippen molar-refractivity contribution in [3.8, 4) is 17.1 Å². The van der Waals surface area contributed by atoms with Gasteiger partial charge in [0.1, 0.15) is 17.1 Å². The lowest BCUT2D eigenvalue weighted by atomic mass is 10.2. The predicted octanol–water partition coefficient (Wildman–Crippen LogP) is 2.64. The predicted molar refractivity (Wildman–Crippen MR) is 109 cm³/mol. The van der Waals surface area contributed by atoms with E-state index in [0.29, 0.717) is 49.3 Å². The van der Waals surface area contributed by atoms with E-state index in [4.69, 9.17) is 14.5 Å². The van der Waals surface area contributed by atoms with Crippen LogP contribution in [0.4, 0.5) is 11.5 Å². The van der Waals surface area contributed by atoms with E-state index in [1.54, 1.807) is 37.7 Å². The molecule has 29 heavy (non-hydrogen) atoms. The smallest absolute Gasteiger partial charge is 0.274 e. The fourth-order valence-corrected chi connectivity index (χ4v) is 3.06. The largest absolute Gasteiger partial charge is 0.497 e. The van der Waals surface area contributed by atoms with E-state index in [1.807, 2.05) is 24.3 Å². The Morgan fingerprint density at radius 2 is 2.00 bits per heavy atom. The highest BCUT2D eigenvalue weighted by Crippen LogP contribution is 2.28. The summed E-state index contributed by atoms with van der Waals surface area (Å²) in [5, 5.41) is 2.89. The molecular formula is C21H21N5O3. The molecule has 0 saturated carbocycles. The number of carbonyl (C=O) groups is 1. The Labute approximate surface area is 168 Å². The van der Waals surface area contributed by atoms with Crippen LogP contribution in [0.5, 0.6) is 5.75 Å². The second-order valence-electron chi connectivity index (χ2n) is 6.43. The normalized spacial score (nSPS) is 13.8. The molecule has 0 bridgehead atoms. The van der Waals surface area contributed by atoms with Gasteiger partial charge in [-0.15, -0.1) is 0 Å². The van der Waals surface area contributed by atoms with Crippen molar-refractivity contribution in [2.24, 2.45) is 0 Å². The minimum absolute atomic E-state index is 0.308. The lowest BCUT2D eigenvalue weighted by Gasteiger charge is -2.29. The summed E-state index contributed by atoms with van der Waals surface area (Å²) in [6, 6.07) is 12.8. The van der Waals surface area contributed by atoms with Gasteiger partial charge in [-0.1, -0.05) is 18.2 Å². The molecule has 1 fully saturated rings. The third kappa shape index (κ3) is 4.33. The van der Waals surface area contributed by atoms with Gasteiger partial charge in [-0.3, -0.25) is 9.78 Å². The molecule has 1 N–H and O–H groups in total. The number of methoxy groups -OCH3 is 1. The van der Waals surface area contributed by atoms with Gasteiger partial charge in [0.05, 0.1) is 26.5 Å². The Balaban J connectivity index is 1.69. The van der Waals surface area contributed by atoms with Gasteiger partial charge in [-0.2, -0.15) is 0 Å². The highest BCUT2D eigenvalue weighted by molar-refractivity contribution is 6.04. The van der Waals surface area contributed by atoms with Gasteiger partial charge in [0, 0.05) is 24.8 Å². The maximum Gasteiger partial charge on any atom is 0.274 e. The molecule has 1 amide bonds. The first-order chi connectivity index (χ1) is 14.2. The van der Waals surface area contributed by atoms with Crippen molar-refractivity contribution in [3.05, 3.63) is 60.6 Å². The van der Waals surface area contributed by atoms with Gasteiger partial charge in [0.2, 0.25) is 0 Å². The maximum atomic E-state index is 12.6. The molecule has 2 aromatic heterocycles. The van der Waals surface area contributed by atoms with Crippen molar-refractivity contribution < 1.29 is 14.3 Å². The van der Waals surface area contributed by atoms with Crippen LogP contribution in [-0.2, 0) is 4.74 Å². The van der Waals surface area contributed by atoms with Crippen LogP contribution >= 0.6 is 0 Å². The second kappa shape index (κ2) is 8.66. The van der Waals surface area contributed by atoms with Crippen LogP contribution in [0.25, 0.3) is 11.4 Å². The lowest BCUT2D eigenvalue weighted by Crippen LogP contribution is -2.37. The molecular weight excluding hydrogens is 370 g/mol. The number of benzene rings is 1. The van der Waals surface area contributed by atoms with Crippen LogP contribution in [0.2, 0.25) is 0 Å². The fourth-order valence-electron chi connectivity index (χ4n) is 3.06. The van der Waals surface area contributed by atoms with Crippen molar-refractivity contribution in [2.45, 2.75) is 0 Å². The van der Waals surface area contributed by atoms with E-state index in [9.17, 15) is 4.79 Å². The van der Waals surface area contributed by atoms with E-state index >= 15 is 0 Å². The highest BCUT2D eigenvalue weighted by atomic mass is 16.5. The number of hydrogen-bond acceptors (Lipinski definition) is 7. The van der Waals surface area contributed by atoms with Gasteiger partial charge < -0.3 is 19.7 Å². The number of amides is 1. The molecule has 0 aliphatic carbocycles. The quantitative estimate of drug-likeness (QED) is 0.715. The second-order valence-corrected chi connectivity index (χ2v) is 6.43. The van der Waals surface area contributed by atoms with E-state index < -0.39 is 0 Å². The summed E-state index contributed by atoms with van der Waals surface area (Å²) in [5.74, 6) is 1.64. The number of aromatic nitrogens is 3. The minimum Gasteiger partial charge on any atom is -0.497 e. The zero-order valence-corrected chi connectivity index (χ0v) is 16.0. The Hall–Kier alpha value is -3.52. The number of nitrogens with zero attached hydrogens (tertiary/aromatic N) is 4. The number of morpholine rings is 1. The molecule has 148 valence electrons. The highest BCUT2D eigenvalue weighted by Gasteiger charge is 2.20. The summed E-state index contributed by atoms with van der Waals surface area (Å²) in [5.41, 5.74) is 1.70. The number of hydrogen-bond donors (Lipinski definition) is 1. The molecule has 1 saturated heterocycles. The molecule has 0 unspecified atom stereocenters. The number of carbonyl (C=O) groups excluding carboxylic acids is 1. The van der Waals surface area contributed by atoms with E-state index in [2.05, 4.69) is 20.2 Å². The van der Waals surface area contributed by atoms with Crippen LogP contribution < -0.4 is 15.0 Å². The molecule has 1 aromatic carbocycles. The van der Waals surface area contributed by atoms with Gasteiger partial charge in [0.25, 0.3) is 5.91 Å². The molecule has 0 atom stereocenters. The van der Waals surface area contributed by atoms with E-state index in [1.165, 1.54) is 0 Å². The Morgan fingerprint density at radius 1 is 1.14 bits per heavy atom. The Bertz CT molecular complexity index is 991. The SMILES string of the molecule is COc1cccc(-c2ncc(NC(=O)c3ccccn3)c(N3CCOCC3)n2)c1. The zero-order valence-electron chi connectivity index (χ0n) is 16.0. The number of nitrogens with one attached hydrogen (secondary N) is 1. The van der Waals surface area contributed by atoms with Crippen LogP contribution in [-0.4, -0.2) is 54.3 Å². The maximum absolute atomic E-state index is 12.6. The summed E-state index contributed by atoms with van der Waals surface area (Å²) in [4.78, 5) is 28.0. The standard InChI is InChI=1S/C21H21N5O3/c1-28-16-6-4-5-15(13-16)19-23-14-18(20(25-19)26-9-11-29-12-10-26)24-21(27)17-7-2-3-8-22-17/h2-8,13-14H,9-12H2,1H3,(H,24,27). The van der Waals surface area contributed by atoms with Crippen LogP contribution in [0.15, 0.2) is 54.9 Å². The third-order valence-electron chi connectivity index (χ3n) is 4.55. The van der Waals surface area contributed by atoms with E-state index in [0.717, 1.165) is 11.3 Å². The Morgan fingerprint density at radius 3 is 2.76 bits per heavy atom. The number of pyridine rings is 1. The average Bonchev–Trinajstić information content (AvgIpc) is 2.80. The van der Waals surface area contributed by atoms with Crippen molar-refractivity contribution in [1.29, 1.82) is 0 Å². The summed E-state index contributed by atoms with van der Waals surface area (Å²) < 4.78 is 10.8. The Kier molecular flexibility index (Phi) is 5.62. The number of ether oxygens (including phenoxy) is 2. The van der Waals surface area contributed by atoms with Gasteiger partial charge >= 0.3 is 0 Å². The van der Waals surface area contributed by atoms with Crippen molar-refractivity contribution in [1.82, 2.24) is 15.0 Å². The van der Waals surface area contributed by atoms with E-state index in [-0.39, 0.29) is 5.91 Å². The topological polar surface area (TPSA) is 89.5 Å². The first-order valence-electron chi connectivity index (χ1n) is 9.31. The van der Waals surface area contributed by atoms with Gasteiger partial charge in [0.15, 0.2) is 11.6 Å². The zero-order chi connectivity index (χ0) is 20.1. The summed E-state index contributed by atoms with van der Waals surface area (Å²) in [6.45, 7) is 2.57. The van der Waals surface area contributed by atoms with Crippen molar-refractivity contribution >= 4 is 17.4 Å². The third-order valence-corrected chi connectivity index (χ3v) is 4.55. The number of anilines is 2.